The molecule has 2 aromatic carbocycles. The molecule has 0 bridgehead atoms. The number of aryl methyl sites for hydroxylation is 2. The summed E-state index contributed by atoms with van der Waals surface area (Å²) in [4.78, 5) is 23.5. The number of aromatic nitrogens is 1. The first-order valence-electron chi connectivity index (χ1n) is 10.7. The third-order valence-electron chi connectivity index (χ3n) is 6.31. The molecule has 31 heavy (non-hydrogen) atoms. The van der Waals surface area contributed by atoms with E-state index in [0.717, 1.165) is 41.4 Å². The van der Waals surface area contributed by atoms with E-state index in [0.29, 0.717) is 18.7 Å². The van der Waals surface area contributed by atoms with Crippen LogP contribution >= 0.6 is 0 Å². The summed E-state index contributed by atoms with van der Waals surface area (Å²) in [6.45, 7) is 4.44. The minimum Gasteiger partial charge on any atom is -0.481 e. The Morgan fingerprint density at radius 2 is 1.97 bits per heavy atom. The van der Waals surface area contributed by atoms with Gasteiger partial charge in [0.1, 0.15) is 5.75 Å². The van der Waals surface area contributed by atoms with Crippen molar-refractivity contribution in [3.8, 4) is 5.75 Å². The number of carboxylic acids is 1. The number of carbonyl (C=O) groups is 2. The first-order valence-corrected chi connectivity index (χ1v) is 10.7. The molecule has 6 heteroatoms. The van der Waals surface area contributed by atoms with Crippen LogP contribution in [0.2, 0.25) is 0 Å². The van der Waals surface area contributed by atoms with Crippen LogP contribution in [0.4, 0.5) is 0 Å². The number of fused-ring (bicyclic) bond motifs is 3. The fourth-order valence-electron chi connectivity index (χ4n) is 4.69. The van der Waals surface area contributed by atoms with Crippen LogP contribution < -0.4 is 10.5 Å². The second-order valence-electron chi connectivity index (χ2n) is 8.40. The summed E-state index contributed by atoms with van der Waals surface area (Å²) in [5.41, 5.74) is 12.4. The molecule has 162 valence electrons. The quantitative estimate of drug-likeness (QED) is 0.588. The molecule has 3 aromatic rings. The van der Waals surface area contributed by atoms with Crippen molar-refractivity contribution < 1.29 is 19.4 Å². The Morgan fingerprint density at radius 3 is 2.68 bits per heavy atom. The summed E-state index contributed by atoms with van der Waals surface area (Å²) in [7, 11) is 0. The molecule has 1 aliphatic carbocycles. The summed E-state index contributed by atoms with van der Waals surface area (Å²) in [5, 5.41) is 9.93. The third-order valence-corrected chi connectivity index (χ3v) is 6.31. The van der Waals surface area contributed by atoms with E-state index < -0.39 is 18.5 Å². The zero-order valence-corrected chi connectivity index (χ0v) is 18.0. The van der Waals surface area contributed by atoms with Gasteiger partial charge in [0.05, 0.1) is 11.4 Å². The molecule has 3 N–H and O–H groups in total. The number of primary amides is 1. The summed E-state index contributed by atoms with van der Waals surface area (Å²) in [6, 6.07) is 12.1. The molecule has 1 aromatic heterocycles. The Balaban J connectivity index is 1.94. The molecular formula is C25H28N2O4. The number of amides is 1. The average molecular weight is 421 g/mol. The Morgan fingerprint density at radius 1 is 1.16 bits per heavy atom. The molecule has 1 atom stereocenters. The maximum absolute atomic E-state index is 12.4. The largest absolute Gasteiger partial charge is 0.481 e. The van der Waals surface area contributed by atoms with Gasteiger partial charge in [-0.1, -0.05) is 30.7 Å². The molecular weight excluding hydrogens is 392 g/mol. The van der Waals surface area contributed by atoms with Crippen LogP contribution in [0, 0.1) is 13.8 Å². The number of hydrogen-bond donors (Lipinski definition) is 2. The molecule has 0 spiro atoms. The van der Waals surface area contributed by atoms with Gasteiger partial charge in [0.25, 0.3) is 0 Å². The fourth-order valence-corrected chi connectivity index (χ4v) is 4.69. The number of aliphatic carboxylic acids is 1. The number of rotatable bonds is 6. The van der Waals surface area contributed by atoms with E-state index in [1.807, 2.05) is 12.1 Å². The maximum atomic E-state index is 12.4. The van der Waals surface area contributed by atoms with Crippen molar-refractivity contribution >= 4 is 22.8 Å². The maximum Gasteiger partial charge on any atom is 0.341 e. The molecule has 0 saturated carbocycles. The molecule has 0 saturated heterocycles. The van der Waals surface area contributed by atoms with Gasteiger partial charge in [-0.2, -0.15) is 0 Å². The van der Waals surface area contributed by atoms with Gasteiger partial charge in [-0.25, -0.2) is 4.79 Å². The van der Waals surface area contributed by atoms with Gasteiger partial charge in [0.15, 0.2) is 6.61 Å². The van der Waals surface area contributed by atoms with Gasteiger partial charge < -0.3 is 20.1 Å². The normalized spacial score (nSPS) is 16.0. The molecule has 4 rings (SSSR count). The van der Waals surface area contributed by atoms with E-state index in [1.54, 1.807) is 6.07 Å². The van der Waals surface area contributed by atoms with E-state index >= 15 is 0 Å². The van der Waals surface area contributed by atoms with Gasteiger partial charge in [-0.3, -0.25) is 4.79 Å². The highest BCUT2D eigenvalue weighted by Gasteiger charge is 2.31. The smallest absolute Gasteiger partial charge is 0.341 e. The Bertz CT molecular complexity index is 1160. The minimum atomic E-state index is -1.04. The van der Waals surface area contributed by atoms with E-state index in [2.05, 4.69) is 36.6 Å². The lowest BCUT2D eigenvalue weighted by molar-refractivity contribution is -0.139. The number of carboxylic acid groups (broad SMARTS) is 1. The highest BCUT2D eigenvalue weighted by Crippen LogP contribution is 2.42. The predicted octanol–water partition coefficient (Wildman–Crippen LogP) is 4.07. The molecule has 1 unspecified atom stereocenters. The number of carbonyl (C=O) groups excluding carboxylic acids is 1. The molecule has 0 fully saturated rings. The van der Waals surface area contributed by atoms with Crippen LogP contribution in [-0.4, -0.2) is 28.2 Å². The van der Waals surface area contributed by atoms with Gasteiger partial charge in [0, 0.05) is 17.6 Å². The molecule has 0 radical (unpaired) electrons. The lowest BCUT2D eigenvalue weighted by Crippen LogP contribution is -2.21. The fraction of sp³-hybridized carbons (Fsp3) is 0.360. The van der Waals surface area contributed by atoms with E-state index in [9.17, 15) is 9.59 Å². The molecule has 1 amide bonds. The Labute approximate surface area is 181 Å². The summed E-state index contributed by atoms with van der Waals surface area (Å²) < 4.78 is 7.90. The third kappa shape index (κ3) is 4.02. The van der Waals surface area contributed by atoms with Gasteiger partial charge in [-0.05, 0) is 67.5 Å². The van der Waals surface area contributed by atoms with E-state index in [-0.39, 0.29) is 5.91 Å². The summed E-state index contributed by atoms with van der Waals surface area (Å²) in [6.07, 6.45) is 3.44. The van der Waals surface area contributed by atoms with Crippen LogP contribution in [-0.2, 0) is 22.6 Å². The monoisotopic (exact) mass is 420 g/mol. The van der Waals surface area contributed by atoms with Crippen molar-refractivity contribution in [1.29, 1.82) is 0 Å². The van der Waals surface area contributed by atoms with Crippen molar-refractivity contribution in [3.05, 3.63) is 64.3 Å². The zero-order chi connectivity index (χ0) is 22.1. The van der Waals surface area contributed by atoms with Gasteiger partial charge in [-0.15, -0.1) is 0 Å². The number of nitrogens with zero attached hydrogens (tertiary/aromatic N) is 1. The number of benzene rings is 2. The van der Waals surface area contributed by atoms with Crippen molar-refractivity contribution in [3.63, 3.8) is 0 Å². The standard InChI is InChI=1S/C25H28N2O4/c1-15-10-11-17(12-16(15)2)13-27-19-7-4-3-6-18(25(26)30)23(19)24-20(27)8-5-9-21(24)31-14-22(28)29/h5,8-12,18H,3-4,6-7,13-14H2,1-2H3,(H2,26,30)(H,28,29). The topological polar surface area (TPSA) is 94.6 Å². The highest BCUT2D eigenvalue weighted by molar-refractivity contribution is 5.97. The van der Waals surface area contributed by atoms with Crippen LogP contribution in [0.25, 0.3) is 10.9 Å². The lowest BCUT2D eigenvalue weighted by Gasteiger charge is -2.14. The SMILES string of the molecule is Cc1ccc(Cn2c3c(c4c(OCC(=O)O)cccc42)C(C(N)=O)CCCC3)cc1C. The van der Waals surface area contributed by atoms with Crippen molar-refractivity contribution in [1.82, 2.24) is 4.57 Å². The average Bonchev–Trinajstić information content (AvgIpc) is 2.88. The van der Waals surface area contributed by atoms with Crippen LogP contribution in [0.5, 0.6) is 5.75 Å². The van der Waals surface area contributed by atoms with Crippen molar-refractivity contribution in [2.24, 2.45) is 5.73 Å². The van der Waals surface area contributed by atoms with Gasteiger partial charge in [0.2, 0.25) is 5.91 Å². The second kappa shape index (κ2) is 8.46. The van der Waals surface area contributed by atoms with Crippen molar-refractivity contribution in [2.75, 3.05) is 6.61 Å². The Kier molecular flexibility index (Phi) is 5.72. The lowest BCUT2D eigenvalue weighted by atomic mass is 9.92. The molecule has 1 aliphatic rings. The second-order valence-corrected chi connectivity index (χ2v) is 8.40. The zero-order valence-electron chi connectivity index (χ0n) is 18.0. The van der Waals surface area contributed by atoms with Gasteiger partial charge >= 0.3 is 5.97 Å². The first kappa shape index (κ1) is 21.0. The predicted molar refractivity (Wildman–Crippen MR) is 120 cm³/mol. The molecule has 0 aliphatic heterocycles. The van der Waals surface area contributed by atoms with Crippen molar-refractivity contribution in [2.45, 2.75) is 52.0 Å². The molecule has 1 heterocycles. The van der Waals surface area contributed by atoms with E-state index in [4.69, 9.17) is 15.6 Å². The minimum absolute atomic E-state index is 0.346. The highest BCUT2D eigenvalue weighted by atomic mass is 16.5. The number of nitrogens with two attached hydrogens (primary N) is 1. The summed E-state index contributed by atoms with van der Waals surface area (Å²) >= 11 is 0. The number of ether oxygens (including phenoxy) is 1. The number of hydrogen-bond acceptors (Lipinski definition) is 3. The summed E-state index contributed by atoms with van der Waals surface area (Å²) in [5.74, 6) is -1.30. The van der Waals surface area contributed by atoms with E-state index in [1.165, 1.54) is 16.7 Å². The van der Waals surface area contributed by atoms with Crippen LogP contribution in [0.15, 0.2) is 36.4 Å². The Hall–Kier alpha value is -3.28. The van der Waals surface area contributed by atoms with Crippen LogP contribution in [0.3, 0.4) is 0 Å². The van der Waals surface area contributed by atoms with Crippen LogP contribution in [0.1, 0.15) is 53.1 Å². The molecule has 6 nitrogen and oxygen atoms in total. The first-order chi connectivity index (χ1) is 14.9.